The minimum atomic E-state index is -4.78. The van der Waals surface area contributed by atoms with E-state index in [0.29, 0.717) is 29.9 Å². The van der Waals surface area contributed by atoms with E-state index in [2.05, 4.69) is 9.98 Å². The number of aliphatic imine (C=N–C) groups is 3. The van der Waals surface area contributed by atoms with Crippen molar-refractivity contribution < 1.29 is 35.8 Å². The molecule has 0 radical (unpaired) electrons. The number of rotatable bonds is 16. The Balaban J connectivity index is 0.00000627. The number of methoxy groups -OCH3 is 1. The van der Waals surface area contributed by atoms with Gasteiger partial charge < -0.3 is 9.47 Å². The van der Waals surface area contributed by atoms with Crippen molar-refractivity contribution in [2.24, 2.45) is 26.8 Å². The topological polar surface area (TPSA) is 55.5 Å². The molecule has 0 spiro atoms. The molecule has 0 bridgehead atoms. The van der Waals surface area contributed by atoms with Crippen molar-refractivity contribution in [3.63, 3.8) is 0 Å². The van der Waals surface area contributed by atoms with Gasteiger partial charge in [0.15, 0.2) is 0 Å². The minimum absolute atomic E-state index is 0.0401. The van der Waals surface area contributed by atoms with Crippen molar-refractivity contribution in [3.8, 4) is 0 Å². The third-order valence-electron chi connectivity index (χ3n) is 7.60. The van der Waals surface area contributed by atoms with E-state index in [4.69, 9.17) is 14.5 Å². The van der Waals surface area contributed by atoms with Crippen LogP contribution in [0.1, 0.15) is 125 Å². The third-order valence-corrected chi connectivity index (χ3v) is 7.60. The lowest BCUT2D eigenvalue weighted by molar-refractivity contribution is -0.212. The largest absolute Gasteiger partial charge is 0.501 e. The lowest BCUT2D eigenvalue weighted by Crippen LogP contribution is -2.23. The number of hydrogen-bond acceptors (Lipinski definition) is 5. The van der Waals surface area contributed by atoms with Crippen LogP contribution in [-0.2, 0) is 9.47 Å². The summed E-state index contributed by atoms with van der Waals surface area (Å²) in [6.07, 6.45) is 1.41. The first-order valence-electron chi connectivity index (χ1n) is 18.2. The fraction of sp³-hybridized carbons (Fsp3) is 0.537. The average molecular weight is 740 g/mol. The summed E-state index contributed by atoms with van der Waals surface area (Å²) in [6, 6.07) is 5.09. The van der Waals surface area contributed by atoms with Crippen LogP contribution in [0.2, 0.25) is 0 Å². The maximum absolute atomic E-state index is 14.2. The Morgan fingerprint density at radius 1 is 0.942 bits per heavy atom. The van der Waals surface area contributed by atoms with E-state index in [-0.39, 0.29) is 28.9 Å². The molecule has 5 nitrogen and oxygen atoms in total. The van der Waals surface area contributed by atoms with E-state index >= 15 is 0 Å². The fourth-order valence-electron chi connectivity index (χ4n) is 4.65. The lowest BCUT2D eigenvalue weighted by atomic mass is 9.94. The molecule has 1 aromatic carbocycles. The molecular formula is C41H59F6N3O2. The Morgan fingerprint density at radius 2 is 1.54 bits per heavy atom. The average Bonchev–Trinajstić information content (AvgIpc) is 3.96. The van der Waals surface area contributed by atoms with Crippen LogP contribution < -0.4 is 0 Å². The van der Waals surface area contributed by atoms with Crippen LogP contribution in [0.25, 0.3) is 0 Å². The molecule has 1 aliphatic carbocycles. The number of allylic oxidation sites excluding steroid dienone is 8. The van der Waals surface area contributed by atoms with Gasteiger partial charge in [0.2, 0.25) is 6.10 Å². The molecule has 0 N–H and O–H groups in total. The predicted molar refractivity (Wildman–Crippen MR) is 205 cm³/mol. The van der Waals surface area contributed by atoms with Gasteiger partial charge in [-0.25, -0.2) is 4.99 Å². The van der Waals surface area contributed by atoms with E-state index in [1.54, 1.807) is 27.2 Å². The van der Waals surface area contributed by atoms with Crippen LogP contribution in [0.4, 0.5) is 26.3 Å². The van der Waals surface area contributed by atoms with Crippen molar-refractivity contribution >= 4 is 17.6 Å². The van der Waals surface area contributed by atoms with Crippen LogP contribution in [0.3, 0.4) is 0 Å². The zero-order valence-electron chi connectivity index (χ0n) is 33.0. The summed E-state index contributed by atoms with van der Waals surface area (Å²) in [5.74, 6) is 0.480. The quantitative estimate of drug-likeness (QED) is 0.0733. The Labute approximate surface area is 308 Å². The summed E-state index contributed by atoms with van der Waals surface area (Å²) in [4.78, 5) is 13.2. The second-order valence-electron chi connectivity index (χ2n) is 11.4. The van der Waals surface area contributed by atoms with Gasteiger partial charge in [0.05, 0.1) is 35.6 Å². The van der Waals surface area contributed by atoms with Crippen LogP contribution in [0.15, 0.2) is 98.2 Å². The van der Waals surface area contributed by atoms with E-state index in [1.807, 2.05) is 60.6 Å². The fourth-order valence-corrected chi connectivity index (χ4v) is 4.65. The monoisotopic (exact) mass is 739 g/mol. The van der Waals surface area contributed by atoms with Gasteiger partial charge in [-0.15, -0.1) is 0 Å². The highest BCUT2D eigenvalue weighted by Gasteiger charge is 2.43. The molecule has 2 rings (SSSR count). The zero-order valence-corrected chi connectivity index (χ0v) is 33.0. The van der Waals surface area contributed by atoms with Crippen molar-refractivity contribution in [1.82, 2.24) is 0 Å². The second-order valence-corrected chi connectivity index (χ2v) is 11.4. The summed E-state index contributed by atoms with van der Waals surface area (Å²) in [7, 11) is 1.57. The molecule has 2 atom stereocenters. The minimum Gasteiger partial charge on any atom is -0.501 e. The third kappa shape index (κ3) is 15.8. The standard InChI is InChI=1S/C37H47F6N3O2.2C2H6/c1-9-13-22-45-34(28-15-16-28)32(26(7)47-8)30(14-10-2)44-23-21-25(6)48-35(37(41,42)43)29-19-17-27(18-20-29)33(24(5)11-3)46-31(12-4)36(38,39)40;2*1-2/h12-14,17-24,28,35H,9-11,15-16H2,1-8H3;2*1-2H3/b22-13-,25-21+,30-14-,31-12-,32-26+,44-23+,45-34-,46-33?;;. The van der Waals surface area contributed by atoms with Crippen molar-refractivity contribution in [2.75, 3.05) is 7.11 Å². The second kappa shape index (κ2) is 24.4. The van der Waals surface area contributed by atoms with Gasteiger partial charge in [-0.05, 0) is 70.4 Å². The Bertz CT molecular complexity index is 1460. The van der Waals surface area contributed by atoms with Gasteiger partial charge in [0, 0.05) is 23.9 Å². The SMILES string of the molecule is C/C=C(\N=C(c1ccc(C(O/C(C)=C/C=N/C(=C\CC)C(/C(=N\C=C/CC)C2CC2)=C(/C)OC)C(F)(F)F)cc1)C(C)CC)C(F)(F)F.CC.CC. The molecule has 0 aliphatic heterocycles. The molecule has 1 aromatic rings. The van der Waals surface area contributed by atoms with Crippen LogP contribution in [-0.4, -0.2) is 37.1 Å². The first kappa shape index (κ1) is 48.1. The van der Waals surface area contributed by atoms with Gasteiger partial charge in [-0.3, -0.25) is 9.98 Å². The Morgan fingerprint density at radius 3 is 1.98 bits per heavy atom. The zero-order chi connectivity index (χ0) is 40.1. The molecule has 1 saturated carbocycles. The molecule has 0 heterocycles. The molecule has 292 valence electrons. The molecule has 0 saturated heterocycles. The molecule has 2 unspecified atom stereocenters. The van der Waals surface area contributed by atoms with Crippen molar-refractivity contribution in [1.29, 1.82) is 0 Å². The van der Waals surface area contributed by atoms with Gasteiger partial charge >= 0.3 is 12.4 Å². The number of nitrogens with zero attached hydrogens (tertiary/aromatic N) is 3. The van der Waals surface area contributed by atoms with Crippen molar-refractivity contribution in [3.05, 3.63) is 94.4 Å². The van der Waals surface area contributed by atoms with Crippen LogP contribution in [0, 0.1) is 11.8 Å². The van der Waals surface area contributed by atoms with Crippen LogP contribution >= 0.6 is 0 Å². The van der Waals surface area contributed by atoms with Crippen molar-refractivity contribution in [2.45, 2.75) is 127 Å². The number of halogens is 6. The maximum Gasteiger partial charge on any atom is 0.433 e. The van der Waals surface area contributed by atoms with E-state index in [1.165, 1.54) is 50.4 Å². The molecular weight excluding hydrogens is 680 g/mol. The number of alkyl halides is 6. The van der Waals surface area contributed by atoms with Gasteiger partial charge in [0.25, 0.3) is 0 Å². The lowest BCUT2D eigenvalue weighted by Gasteiger charge is -2.23. The molecule has 0 amide bonds. The predicted octanol–water partition coefficient (Wildman–Crippen LogP) is 13.6. The molecule has 52 heavy (non-hydrogen) atoms. The first-order valence-corrected chi connectivity index (χ1v) is 18.2. The van der Waals surface area contributed by atoms with Gasteiger partial charge in [-0.2, -0.15) is 26.3 Å². The summed E-state index contributed by atoms with van der Waals surface area (Å²) in [5.41, 5.74) is 1.34. The van der Waals surface area contributed by atoms with E-state index in [0.717, 1.165) is 36.6 Å². The highest BCUT2D eigenvalue weighted by molar-refractivity contribution is 6.07. The van der Waals surface area contributed by atoms with Gasteiger partial charge in [0.1, 0.15) is 11.5 Å². The summed E-state index contributed by atoms with van der Waals surface area (Å²) >= 11 is 0. The Kier molecular flexibility index (Phi) is 22.5. The van der Waals surface area contributed by atoms with E-state index in [9.17, 15) is 26.3 Å². The summed E-state index contributed by atoms with van der Waals surface area (Å²) in [5, 5.41) is 0. The highest BCUT2D eigenvalue weighted by Crippen LogP contribution is 2.39. The smallest absolute Gasteiger partial charge is 0.433 e. The van der Waals surface area contributed by atoms with Gasteiger partial charge in [-0.1, -0.05) is 97.9 Å². The Hall–Kier alpha value is -3.89. The summed E-state index contributed by atoms with van der Waals surface area (Å²) < 4.78 is 94.0. The van der Waals surface area contributed by atoms with Crippen LogP contribution in [0.5, 0.6) is 0 Å². The molecule has 1 fully saturated rings. The normalized spacial score (nSPS) is 16.8. The number of benzene rings is 1. The molecule has 11 heteroatoms. The maximum atomic E-state index is 14.2. The first-order chi connectivity index (χ1) is 24.6. The van der Waals surface area contributed by atoms with E-state index < -0.39 is 24.2 Å². The summed E-state index contributed by atoms with van der Waals surface area (Å²) in [6.45, 7) is 19.9. The molecule has 0 aromatic heterocycles. The number of hydrogen-bond donors (Lipinski definition) is 0. The highest BCUT2D eigenvalue weighted by atomic mass is 19.4. The number of ether oxygens (including phenoxy) is 2. The molecule has 1 aliphatic rings.